The highest BCUT2D eigenvalue weighted by Gasteiger charge is 2.24. The molecule has 0 radical (unpaired) electrons. The number of aromatic nitrogens is 5. The third-order valence-corrected chi connectivity index (χ3v) is 5.41. The molecule has 0 fully saturated rings. The van der Waals surface area contributed by atoms with E-state index in [2.05, 4.69) is 35.8 Å². The molecule has 13 heteroatoms. The summed E-state index contributed by atoms with van der Waals surface area (Å²) in [5, 5.41) is 29.1. The molecule has 0 atom stereocenters. The summed E-state index contributed by atoms with van der Waals surface area (Å²) in [6, 6.07) is 13.6. The first-order valence-corrected chi connectivity index (χ1v) is 10.4. The lowest BCUT2D eigenvalue weighted by atomic mass is 10.2. The van der Waals surface area contributed by atoms with Gasteiger partial charge in [-0.25, -0.2) is 10.1 Å². The third kappa shape index (κ3) is 4.87. The van der Waals surface area contributed by atoms with Gasteiger partial charge < -0.3 is 10.8 Å². The average molecular weight is 471 g/mol. The Morgan fingerprint density at radius 3 is 2.66 bits per heavy atom. The maximum atomic E-state index is 12.7. The first-order chi connectivity index (χ1) is 15.5. The zero-order chi connectivity index (χ0) is 22.5. The molecule has 2 aromatic heterocycles. The number of anilines is 1. The van der Waals surface area contributed by atoms with E-state index in [1.54, 1.807) is 24.3 Å². The minimum Gasteiger partial charge on any atom is -0.508 e. The molecular weight excluding hydrogens is 456 g/mol. The summed E-state index contributed by atoms with van der Waals surface area (Å²) in [6.45, 7) is 0. The van der Waals surface area contributed by atoms with Crippen LogP contribution in [0.4, 0.5) is 5.82 Å². The van der Waals surface area contributed by atoms with Gasteiger partial charge >= 0.3 is 0 Å². The van der Waals surface area contributed by atoms with Crippen LogP contribution in [0.25, 0.3) is 5.82 Å². The lowest BCUT2D eigenvalue weighted by molar-refractivity contribution is 0.0949. The maximum Gasteiger partial charge on any atom is 0.293 e. The van der Waals surface area contributed by atoms with Crippen LogP contribution in [0.15, 0.2) is 63.2 Å². The number of rotatable bonds is 7. The molecule has 11 nitrogen and oxygen atoms in total. The van der Waals surface area contributed by atoms with E-state index in [0.717, 1.165) is 4.90 Å². The highest BCUT2D eigenvalue weighted by molar-refractivity contribution is 7.98. The second-order valence-electron chi connectivity index (χ2n) is 6.30. The van der Waals surface area contributed by atoms with E-state index in [-0.39, 0.29) is 23.1 Å². The first kappa shape index (κ1) is 21.3. The zero-order valence-electron chi connectivity index (χ0n) is 16.2. The van der Waals surface area contributed by atoms with Crippen LogP contribution in [0.1, 0.15) is 21.7 Å². The number of phenolic OH excluding ortho intramolecular Hbond substituents is 1. The van der Waals surface area contributed by atoms with E-state index in [0.29, 0.717) is 22.0 Å². The summed E-state index contributed by atoms with van der Waals surface area (Å²) >= 11 is 7.37. The Kier molecular flexibility index (Phi) is 6.33. The standard InChI is InChI=1S/C19H15ClN8O3S/c20-12-3-7-14(8-4-12)32-10-15-16(23-27-28(15)18-17(21)25-31-26-18)19(30)24-22-9-11-1-5-13(29)6-2-11/h1-9,29H,10H2,(H2,21,25)(H,24,30). The van der Waals surface area contributed by atoms with Gasteiger partial charge in [-0.15, -0.1) is 16.9 Å². The molecule has 32 heavy (non-hydrogen) atoms. The Bertz CT molecular complexity index is 1250. The number of thioether (sulfide) groups is 1. The summed E-state index contributed by atoms with van der Waals surface area (Å²) < 4.78 is 5.94. The molecular formula is C19H15ClN8O3S. The van der Waals surface area contributed by atoms with Gasteiger partial charge in [0.25, 0.3) is 5.91 Å². The largest absolute Gasteiger partial charge is 0.508 e. The van der Waals surface area contributed by atoms with Crippen LogP contribution in [0, 0.1) is 0 Å². The highest BCUT2D eigenvalue weighted by Crippen LogP contribution is 2.27. The van der Waals surface area contributed by atoms with Gasteiger partial charge in [-0.3, -0.25) is 4.79 Å². The molecule has 4 aromatic rings. The van der Waals surface area contributed by atoms with Gasteiger partial charge in [0.05, 0.1) is 11.9 Å². The number of amides is 1. The number of nitrogen functional groups attached to an aromatic ring is 1. The third-order valence-electron chi connectivity index (χ3n) is 4.14. The molecule has 0 aliphatic heterocycles. The first-order valence-electron chi connectivity index (χ1n) is 9.05. The fourth-order valence-electron chi connectivity index (χ4n) is 2.58. The number of hydrogen-bond donors (Lipinski definition) is 3. The average Bonchev–Trinajstić information content (AvgIpc) is 3.40. The smallest absolute Gasteiger partial charge is 0.293 e. The Balaban J connectivity index is 1.56. The number of nitrogens with zero attached hydrogens (tertiary/aromatic N) is 6. The van der Waals surface area contributed by atoms with Gasteiger partial charge in [-0.1, -0.05) is 16.8 Å². The van der Waals surface area contributed by atoms with E-state index in [1.807, 2.05) is 12.1 Å². The predicted octanol–water partition coefficient (Wildman–Crippen LogP) is 2.65. The van der Waals surface area contributed by atoms with Crippen molar-refractivity contribution in [3.8, 4) is 11.6 Å². The number of aromatic hydroxyl groups is 1. The SMILES string of the molecule is Nc1nonc1-n1nnc(C(=O)NN=Cc2ccc(O)cc2)c1CSc1ccc(Cl)cc1. The van der Waals surface area contributed by atoms with Gasteiger partial charge in [0.1, 0.15) is 5.75 Å². The molecule has 0 spiro atoms. The van der Waals surface area contributed by atoms with Crippen molar-refractivity contribution in [2.24, 2.45) is 5.10 Å². The number of phenols is 1. The van der Waals surface area contributed by atoms with Crippen LogP contribution in [0.2, 0.25) is 5.02 Å². The summed E-state index contributed by atoms with van der Waals surface area (Å²) in [6.07, 6.45) is 1.43. The monoisotopic (exact) mass is 470 g/mol. The van der Waals surface area contributed by atoms with E-state index >= 15 is 0 Å². The fourth-order valence-corrected chi connectivity index (χ4v) is 3.59. The van der Waals surface area contributed by atoms with Crippen molar-refractivity contribution >= 4 is 41.3 Å². The molecule has 0 unspecified atom stereocenters. The molecule has 2 aromatic carbocycles. The number of carbonyl (C=O) groups is 1. The van der Waals surface area contributed by atoms with Gasteiger partial charge in [-0.05, 0) is 64.4 Å². The molecule has 2 heterocycles. The van der Waals surface area contributed by atoms with Gasteiger partial charge in [-0.2, -0.15) is 9.78 Å². The molecule has 0 saturated carbocycles. The van der Waals surface area contributed by atoms with Crippen LogP contribution in [0.3, 0.4) is 0 Å². The van der Waals surface area contributed by atoms with E-state index in [1.165, 1.54) is 34.8 Å². The number of hydrazone groups is 1. The van der Waals surface area contributed by atoms with Crippen LogP contribution in [-0.2, 0) is 5.75 Å². The van der Waals surface area contributed by atoms with Crippen LogP contribution in [-0.4, -0.2) is 42.5 Å². The molecule has 4 N–H and O–H groups in total. The number of nitrogens with two attached hydrogens (primary N) is 1. The number of hydrogen-bond acceptors (Lipinski definition) is 10. The second-order valence-corrected chi connectivity index (χ2v) is 7.79. The summed E-state index contributed by atoms with van der Waals surface area (Å²) in [7, 11) is 0. The van der Waals surface area contributed by atoms with E-state index in [4.69, 9.17) is 17.3 Å². The summed E-state index contributed by atoms with van der Waals surface area (Å²) in [5.41, 5.74) is 9.35. The predicted molar refractivity (Wildman–Crippen MR) is 118 cm³/mol. The van der Waals surface area contributed by atoms with Crippen molar-refractivity contribution in [1.82, 2.24) is 30.7 Å². The number of carbonyl (C=O) groups excluding carboxylic acids is 1. The van der Waals surface area contributed by atoms with Crippen molar-refractivity contribution in [2.45, 2.75) is 10.6 Å². The van der Waals surface area contributed by atoms with Gasteiger partial charge in [0.2, 0.25) is 11.6 Å². The van der Waals surface area contributed by atoms with Crippen molar-refractivity contribution in [3.05, 3.63) is 70.5 Å². The van der Waals surface area contributed by atoms with Crippen molar-refractivity contribution < 1.29 is 14.5 Å². The molecule has 0 saturated heterocycles. The minimum absolute atomic E-state index is 0.00459. The number of halogens is 1. The Labute approximate surface area is 190 Å². The molecule has 0 bridgehead atoms. The van der Waals surface area contributed by atoms with Crippen molar-refractivity contribution in [1.29, 1.82) is 0 Å². The minimum atomic E-state index is -0.576. The fraction of sp³-hybridized carbons (Fsp3) is 0.0526. The lowest BCUT2D eigenvalue weighted by Gasteiger charge is -2.06. The highest BCUT2D eigenvalue weighted by atomic mass is 35.5. The molecule has 0 aliphatic rings. The molecule has 1 amide bonds. The van der Waals surface area contributed by atoms with Gasteiger partial charge in [0.15, 0.2) is 5.69 Å². The molecule has 0 aliphatic carbocycles. The maximum absolute atomic E-state index is 12.7. The molecule has 162 valence electrons. The number of nitrogens with one attached hydrogen (secondary N) is 1. The zero-order valence-corrected chi connectivity index (χ0v) is 17.8. The topological polar surface area (TPSA) is 157 Å². The van der Waals surface area contributed by atoms with Gasteiger partial charge in [0, 0.05) is 15.7 Å². The second kappa shape index (κ2) is 9.49. The van der Waals surface area contributed by atoms with Crippen LogP contribution < -0.4 is 11.2 Å². The quantitative estimate of drug-likeness (QED) is 0.210. The lowest BCUT2D eigenvalue weighted by Crippen LogP contribution is -2.20. The van der Waals surface area contributed by atoms with Crippen LogP contribution in [0.5, 0.6) is 5.75 Å². The summed E-state index contributed by atoms with van der Waals surface area (Å²) in [4.78, 5) is 13.7. The molecule has 4 rings (SSSR count). The van der Waals surface area contributed by atoms with Crippen molar-refractivity contribution in [2.75, 3.05) is 5.73 Å². The van der Waals surface area contributed by atoms with Crippen molar-refractivity contribution in [3.63, 3.8) is 0 Å². The Morgan fingerprint density at radius 2 is 1.97 bits per heavy atom. The Hall–Kier alpha value is -3.90. The van der Waals surface area contributed by atoms with Crippen LogP contribution >= 0.6 is 23.4 Å². The Morgan fingerprint density at radius 1 is 1.22 bits per heavy atom. The normalized spacial score (nSPS) is 11.2. The van der Waals surface area contributed by atoms with E-state index < -0.39 is 5.91 Å². The number of benzene rings is 2. The van der Waals surface area contributed by atoms with E-state index in [9.17, 15) is 9.90 Å². The summed E-state index contributed by atoms with van der Waals surface area (Å²) in [5.74, 6) is -0.00759.